The molecule has 3 N–H and O–H groups in total. The summed E-state index contributed by atoms with van der Waals surface area (Å²) < 4.78 is 53.7. The first-order valence-corrected chi connectivity index (χ1v) is 7.57. The van der Waals surface area contributed by atoms with Crippen molar-refractivity contribution >= 4 is 16.0 Å². The van der Waals surface area contributed by atoms with Gasteiger partial charge in [0.1, 0.15) is 16.3 Å². The van der Waals surface area contributed by atoms with Crippen LogP contribution in [0, 0.1) is 11.6 Å². The van der Waals surface area contributed by atoms with E-state index in [1.807, 2.05) is 0 Å². The minimum absolute atomic E-state index is 0.386. The van der Waals surface area contributed by atoms with E-state index in [9.17, 15) is 27.1 Å². The third-order valence-corrected chi connectivity index (χ3v) is 5.12. The second-order valence-electron chi connectivity index (χ2n) is 4.94. The fourth-order valence-electron chi connectivity index (χ4n) is 2.17. The lowest BCUT2D eigenvalue weighted by Crippen LogP contribution is -2.56. The second kappa shape index (κ2) is 5.32. The molecule has 1 aliphatic carbocycles. The summed E-state index contributed by atoms with van der Waals surface area (Å²) in [4.78, 5) is 9.84. The first-order chi connectivity index (χ1) is 9.72. The van der Waals surface area contributed by atoms with E-state index >= 15 is 0 Å². The maximum Gasteiger partial charge on any atom is 0.341 e. The zero-order valence-electron chi connectivity index (χ0n) is 10.8. The number of carboxylic acid groups (broad SMARTS) is 1. The Hall–Kier alpha value is -1.58. The van der Waals surface area contributed by atoms with Gasteiger partial charge in [-0.25, -0.2) is 26.7 Å². The summed E-state index contributed by atoms with van der Waals surface area (Å²) in [5.74, 6) is -4.93. The van der Waals surface area contributed by atoms with Crippen LogP contribution in [0.4, 0.5) is 8.78 Å². The predicted molar refractivity (Wildman–Crippen MR) is 67.3 cm³/mol. The molecule has 0 unspecified atom stereocenters. The van der Waals surface area contributed by atoms with Gasteiger partial charge in [0.05, 0.1) is 12.1 Å². The van der Waals surface area contributed by atoms with E-state index in [0.717, 1.165) is 0 Å². The van der Waals surface area contributed by atoms with Crippen LogP contribution in [0.2, 0.25) is 0 Å². The molecule has 0 spiro atoms. The van der Waals surface area contributed by atoms with Crippen molar-refractivity contribution in [1.82, 2.24) is 4.72 Å². The van der Waals surface area contributed by atoms with Gasteiger partial charge < -0.3 is 10.2 Å². The maximum absolute atomic E-state index is 14.0. The van der Waals surface area contributed by atoms with Crippen LogP contribution >= 0.6 is 0 Å². The fraction of sp³-hybridized carbons (Fsp3) is 0.417. The van der Waals surface area contributed by atoms with Crippen molar-refractivity contribution in [3.05, 3.63) is 29.3 Å². The first kappa shape index (κ1) is 15.8. The molecular formula is C12H13F2NO5S. The third-order valence-electron chi connectivity index (χ3n) is 3.52. The molecule has 0 bridgehead atoms. The van der Waals surface area contributed by atoms with Crippen molar-refractivity contribution in [1.29, 1.82) is 0 Å². The molecule has 0 radical (unpaired) electrons. The highest BCUT2D eigenvalue weighted by molar-refractivity contribution is 7.89. The minimum atomic E-state index is -4.41. The number of aromatic carboxylic acids is 1. The second-order valence-corrected chi connectivity index (χ2v) is 6.59. The molecule has 0 amide bonds. The van der Waals surface area contributed by atoms with E-state index in [0.29, 0.717) is 31.4 Å². The number of hydrogen-bond donors (Lipinski definition) is 3. The minimum Gasteiger partial charge on any atom is -0.477 e. The van der Waals surface area contributed by atoms with Gasteiger partial charge in [-0.3, -0.25) is 0 Å². The zero-order chi connectivity index (χ0) is 15.8. The lowest BCUT2D eigenvalue weighted by Gasteiger charge is -2.40. The van der Waals surface area contributed by atoms with Crippen molar-refractivity contribution in [3.63, 3.8) is 0 Å². The topological polar surface area (TPSA) is 104 Å². The summed E-state index contributed by atoms with van der Waals surface area (Å²) in [7, 11) is -4.41. The van der Waals surface area contributed by atoms with Crippen LogP contribution in [0.15, 0.2) is 17.0 Å². The van der Waals surface area contributed by atoms with E-state index in [2.05, 4.69) is 4.72 Å². The molecule has 21 heavy (non-hydrogen) atoms. The molecule has 1 aromatic rings. The van der Waals surface area contributed by atoms with E-state index in [1.54, 1.807) is 0 Å². The summed E-state index contributed by atoms with van der Waals surface area (Å²) in [6.07, 6.45) is 1.48. The average Bonchev–Trinajstić information content (AvgIpc) is 2.33. The number of aliphatic hydroxyl groups excluding tert-OH is 1. The van der Waals surface area contributed by atoms with Gasteiger partial charge in [0.25, 0.3) is 0 Å². The normalized spacial score (nSPS) is 17.3. The van der Waals surface area contributed by atoms with Crippen LogP contribution in [0.3, 0.4) is 0 Å². The molecule has 1 aliphatic rings. The van der Waals surface area contributed by atoms with Gasteiger partial charge in [-0.05, 0) is 31.4 Å². The van der Waals surface area contributed by atoms with Crippen molar-refractivity contribution in [2.45, 2.75) is 29.7 Å². The third kappa shape index (κ3) is 2.76. The Morgan fingerprint density at radius 3 is 2.38 bits per heavy atom. The van der Waals surface area contributed by atoms with Crippen molar-refractivity contribution in [2.75, 3.05) is 6.61 Å². The Morgan fingerprint density at radius 2 is 1.95 bits per heavy atom. The maximum atomic E-state index is 14.0. The lowest BCUT2D eigenvalue weighted by molar-refractivity contribution is 0.0685. The molecule has 1 aromatic carbocycles. The first-order valence-electron chi connectivity index (χ1n) is 6.08. The van der Waals surface area contributed by atoms with Gasteiger partial charge in [-0.15, -0.1) is 0 Å². The standard InChI is InChI=1S/C12H13F2NO5S/c13-7-2-3-8(10(14)9(7)11(17)18)21(19,20)15-12(6-16)4-1-5-12/h2-3,15-16H,1,4-6H2,(H,17,18). The van der Waals surface area contributed by atoms with Gasteiger partial charge in [0, 0.05) is 0 Å². The van der Waals surface area contributed by atoms with Crippen LogP contribution in [-0.2, 0) is 10.0 Å². The zero-order valence-corrected chi connectivity index (χ0v) is 11.6. The Morgan fingerprint density at radius 1 is 1.33 bits per heavy atom. The fourth-order valence-corrected chi connectivity index (χ4v) is 3.71. The molecule has 6 nitrogen and oxygen atoms in total. The number of sulfonamides is 1. The Balaban J connectivity index is 2.46. The average molecular weight is 321 g/mol. The SMILES string of the molecule is O=C(O)c1c(F)ccc(S(=O)(=O)NC2(CO)CCC2)c1F. The van der Waals surface area contributed by atoms with E-state index in [1.165, 1.54) is 0 Å². The van der Waals surface area contributed by atoms with Gasteiger partial charge in [-0.1, -0.05) is 0 Å². The summed E-state index contributed by atoms with van der Waals surface area (Å²) in [6, 6.07) is 1.23. The van der Waals surface area contributed by atoms with Gasteiger partial charge in [0.15, 0.2) is 5.82 Å². The van der Waals surface area contributed by atoms with Crippen molar-refractivity contribution in [3.8, 4) is 0 Å². The number of benzene rings is 1. The number of halogens is 2. The van der Waals surface area contributed by atoms with Crippen LogP contribution in [-0.4, -0.2) is 36.7 Å². The van der Waals surface area contributed by atoms with Gasteiger partial charge in [-0.2, -0.15) is 0 Å². The molecule has 2 rings (SSSR count). The summed E-state index contributed by atoms with van der Waals surface area (Å²) >= 11 is 0. The molecular weight excluding hydrogens is 308 g/mol. The Kier molecular flexibility index (Phi) is 4.00. The molecule has 9 heteroatoms. The van der Waals surface area contributed by atoms with Crippen molar-refractivity contribution < 1.29 is 32.2 Å². The highest BCUT2D eigenvalue weighted by Gasteiger charge is 2.41. The molecule has 116 valence electrons. The predicted octanol–water partition coefficient (Wildman–Crippen LogP) is 0.856. The van der Waals surface area contributed by atoms with Crippen LogP contribution in [0.25, 0.3) is 0 Å². The van der Waals surface area contributed by atoms with Crippen LogP contribution in [0.5, 0.6) is 0 Å². The summed E-state index contributed by atoms with van der Waals surface area (Å²) in [5, 5.41) is 18.0. The molecule has 0 aromatic heterocycles. The number of carbonyl (C=O) groups is 1. The number of aliphatic hydroxyl groups is 1. The van der Waals surface area contributed by atoms with Gasteiger partial charge >= 0.3 is 5.97 Å². The molecule has 0 heterocycles. The van der Waals surface area contributed by atoms with E-state index in [4.69, 9.17) is 5.11 Å². The smallest absolute Gasteiger partial charge is 0.341 e. The Bertz CT molecular complexity index is 680. The molecule has 1 saturated carbocycles. The number of rotatable bonds is 5. The number of carboxylic acids is 1. The van der Waals surface area contributed by atoms with Crippen molar-refractivity contribution in [2.24, 2.45) is 0 Å². The monoisotopic (exact) mass is 321 g/mol. The Labute approximate surface area is 119 Å². The van der Waals surface area contributed by atoms with E-state index in [-0.39, 0.29) is 0 Å². The van der Waals surface area contributed by atoms with Crippen LogP contribution < -0.4 is 4.72 Å². The summed E-state index contributed by atoms with van der Waals surface area (Å²) in [5.41, 5.74) is -2.40. The van der Waals surface area contributed by atoms with Gasteiger partial charge in [0.2, 0.25) is 10.0 Å². The number of hydrogen-bond acceptors (Lipinski definition) is 4. The quantitative estimate of drug-likeness (QED) is 0.746. The summed E-state index contributed by atoms with van der Waals surface area (Å²) in [6.45, 7) is -0.458. The largest absolute Gasteiger partial charge is 0.477 e. The molecule has 1 fully saturated rings. The van der Waals surface area contributed by atoms with Crippen LogP contribution in [0.1, 0.15) is 29.6 Å². The highest BCUT2D eigenvalue weighted by Crippen LogP contribution is 2.33. The molecule has 0 atom stereocenters. The highest BCUT2D eigenvalue weighted by atomic mass is 32.2. The van der Waals surface area contributed by atoms with E-state index < -0.39 is 50.2 Å². The number of nitrogens with one attached hydrogen (secondary N) is 1. The molecule has 0 aliphatic heterocycles. The lowest BCUT2D eigenvalue weighted by atomic mass is 9.78. The molecule has 0 saturated heterocycles.